The van der Waals surface area contributed by atoms with Gasteiger partial charge in [0.2, 0.25) is 0 Å². The average Bonchev–Trinajstić information content (AvgIpc) is 2.02. The summed E-state index contributed by atoms with van der Waals surface area (Å²) in [4.78, 5) is 13.5. The van der Waals surface area contributed by atoms with E-state index in [9.17, 15) is 4.79 Å². The maximum Gasteiger partial charge on any atom is 0.254 e. The molecule has 0 atom stereocenters. The highest BCUT2D eigenvalue weighted by atomic mass is 16.2. The van der Waals surface area contributed by atoms with Gasteiger partial charge in [0.1, 0.15) is 5.82 Å². The second-order valence-corrected chi connectivity index (χ2v) is 4.14. The van der Waals surface area contributed by atoms with Gasteiger partial charge in [-0.25, -0.2) is 0 Å². The molecule has 1 amide bonds. The number of rotatable bonds is 2. The summed E-state index contributed by atoms with van der Waals surface area (Å²) in [6, 6.07) is 0.317. The average molecular weight is 194 g/mol. The minimum atomic E-state index is -0.0260. The smallest absolute Gasteiger partial charge is 0.254 e. The standard InChI is InChI=1S/C11H18N2O/c1-7(2)10-6-13(8(3)4)9(5)12-11(10)14/h6-8H,5H2,1-4H3,(H,12,14). The Morgan fingerprint density at radius 2 is 1.93 bits per heavy atom. The van der Waals surface area contributed by atoms with Crippen molar-refractivity contribution in [3.05, 3.63) is 24.2 Å². The largest absolute Gasteiger partial charge is 0.332 e. The number of nitrogens with one attached hydrogen (secondary N) is 1. The van der Waals surface area contributed by atoms with Crippen molar-refractivity contribution in [3.63, 3.8) is 0 Å². The van der Waals surface area contributed by atoms with Crippen LogP contribution in [-0.4, -0.2) is 16.8 Å². The molecule has 1 aliphatic heterocycles. The van der Waals surface area contributed by atoms with E-state index in [1.54, 1.807) is 0 Å². The minimum absolute atomic E-state index is 0.0260. The van der Waals surface area contributed by atoms with Gasteiger partial charge in [-0.05, 0) is 19.8 Å². The number of nitrogens with zero attached hydrogens (tertiary/aromatic N) is 1. The van der Waals surface area contributed by atoms with E-state index in [-0.39, 0.29) is 11.8 Å². The molecule has 0 aromatic rings. The third-order valence-electron chi connectivity index (χ3n) is 2.29. The summed E-state index contributed by atoms with van der Waals surface area (Å²) in [5.41, 5.74) is 0.811. The highest BCUT2D eigenvalue weighted by Gasteiger charge is 2.23. The molecule has 14 heavy (non-hydrogen) atoms. The lowest BCUT2D eigenvalue weighted by atomic mass is 10.0. The predicted molar refractivity (Wildman–Crippen MR) is 57.2 cm³/mol. The molecule has 0 aliphatic carbocycles. The monoisotopic (exact) mass is 194 g/mol. The van der Waals surface area contributed by atoms with Crippen molar-refractivity contribution in [1.82, 2.24) is 10.2 Å². The van der Waals surface area contributed by atoms with Gasteiger partial charge in [-0.3, -0.25) is 4.79 Å². The highest BCUT2D eigenvalue weighted by Crippen LogP contribution is 2.19. The number of carbonyl (C=O) groups excluding carboxylic acids is 1. The van der Waals surface area contributed by atoms with E-state index in [1.807, 2.05) is 24.9 Å². The van der Waals surface area contributed by atoms with Crippen LogP contribution >= 0.6 is 0 Å². The quantitative estimate of drug-likeness (QED) is 0.727. The van der Waals surface area contributed by atoms with Gasteiger partial charge < -0.3 is 10.2 Å². The topological polar surface area (TPSA) is 32.3 Å². The van der Waals surface area contributed by atoms with Crippen LogP contribution in [0.15, 0.2) is 24.2 Å². The van der Waals surface area contributed by atoms with Crippen LogP contribution in [0.5, 0.6) is 0 Å². The van der Waals surface area contributed by atoms with Crippen LogP contribution in [0.25, 0.3) is 0 Å². The molecule has 3 heteroatoms. The number of carbonyl (C=O) groups is 1. The fourth-order valence-electron chi connectivity index (χ4n) is 1.43. The third kappa shape index (κ3) is 1.97. The lowest BCUT2D eigenvalue weighted by molar-refractivity contribution is -0.118. The van der Waals surface area contributed by atoms with E-state index in [2.05, 4.69) is 25.7 Å². The van der Waals surface area contributed by atoms with E-state index in [4.69, 9.17) is 0 Å². The molecule has 0 aromatic heterocycles. The van der Waals surface area contributed by atoms with Crippen molar-refractivity contribution < 1.29 is 4.79 Å². The fourth-order valence-corrected chi connectivity index (χ4v) is 1.43. The fraction of sp³-hybridized carbons (Fsp3) is 0.545. The van der Waals surface area contributed by atoms with Crippen molar-refractivity contribution in [2.45, 2.75) is 33.7 Å². The summed E-state index contributed by atoms with van der Waals surface area (Å²) in [5, 5.41) is 2.77. The Morgan fingerprint density at radius 3 is 2.36 bits per heavy atom. The molecular formula is C11H18N2O. The van der Waals surface area contributed by atoms with Crippen LogP contribution in [0.4, 0.5) is 0 Å². The predicted octanol–water partition coefficient (Wildman–Crippen LogP) is 1.84. The summed E-state index contributed by atoms with van der Waals surface area (Å²) >= 11 is 0. The van der Waals surface area contributed by atoms with Gasteiger partial charge in [0, 0.05) is 17.8 Å². The van der Waals surface area contributed by atoms with Crippen LogP contribution in [0.2, 0.25) is 0 Å². The van der Waals surface area contributed by atoms with Crippen molar-refractivity contribution in [1.29, 1.82) is 0 Å². The Morgan fingerprint density at radius 1 is 1.36 bits per heavy atom. The molecule has 1 heterocycles. The maximum absolute atomic E-state index is 11.5. The zero-order chi connectivity index (χ0) is 10.9. The maximum atomic E-state index is 11.5. The zero-order valence-corrected chi connectivity index (χ0v) is 9.29. The lowest BCUT2D eigenvalue weighted by Crippen LogP contribution is -2.41. The Bertz CT molecular complexity index is 290. The second-order valence-electron chi connectivity index (χ2n) is 4.14. The first-order valence-corrected chi connectivity index (χ1v) is 4.93. The van der Waals surface area contributed by atoms with Gasteiger partial charge in [0.25, 0.3) is 5.91 Å². The molecule has 0 saturated carbocycles. The van der Waals surface area contributed by atoms with Gasteiger partial charge in [-0.2, -0.15) is 0 Å². The third-order valence-corrected chi connectivity index (χ3v) is 2.29. The van der Waals surface area contributed by atoms with Crippen LogP contribution in [-0.2, 0) is 4.79 Å². The molecule has 78 valence electrons. The van der Waals surface area contributed by atoms with Crippen LogP contribution in [0, 0.1) is 5.92 Å². The summed E-state index contributed by atoms with van der Waals surface area (Å²) in [6.07, 6.45) is 1.90. The number of hydrogen-bond donors (Lipinski definition) is 1. The SMILES string of the molecule is C=C1NC(=O)C(C(C)C)=CN1C(C)C. The highest BCUT2D eigenvalue weighted by molar-refractivity contribution is 5.95. The Hall–Kier alpha value is -1.25. The van der Waals surface area contributed by atoms with E-state index in [0.717, 1.165) is 5.57 Å². The lowest BCUT2D eigenvalue weighted by Gasteiger charge is -2.32. The second kappa shape index (κ2) is 3.86. The molecule has 1 N–H and O–H groups in total. The molecule has 0 saturated heterocycles. The molecule has 0 spiro atoms. The zero-order valence-electron chi connectivity index (χ0n) is 9.29. The van der Waals surface area contributed by atoms with E-state index in [1.165, 1.54) is 0 Å². The first-order chi connectivity index (χ1) is 6.43. The van der Waals surface area contributed by atoms with E-state index < -0.39 is 0 Å². The van der Waals surface area contributed by atoms with Crippen LogP contribution in [0.1, 0.15) is 27.7 Å². The molecule has 0 fully saturated rings. The molecule has 1 aliphatic rings. The van der Waals surface area contributed by atoms with E-state index >= 15 is 0 Å². The molecule has 1 rings (SSSR count). The molecule has 3 nitrogen and oxygen atoms in total. The summed E-state index contributed by atoms with van der Waals surface area (Å²) < 4.78 is 0. The first-order valence-electron chi connectivity index (χ1n) is 4.93. The van der Waals surface area contributed by atoms with Crippen molar-refractivity contribution in [2.24, 2.45) is 5.92 Å². The van der Waals surface area contributed by atoms with E-state index in [0.29, 0.717) is 11.9 Å². The normalized spacial score (nSPS) is 17.6. The molecule has 0 aromatic carbocycles. The minimum Gasteiger partial charge on any atom is -0.332 e. The van der Waals surface area contributed by atoms with Gasteiger partial charge in [-0.1, -0.05) is 20.4 Å². The number of hydrogen-bond acceptors (Lipinski definition) is 2. The molecular weight excluding hydrogens is 176 g/mol. The van der Waals surface area contributed by atoms with Crippen LogP contribution in [0.3, 0.4) is 0 Å². The first kappa shape index (κ1) is 10.8. The summed E-state index contributed by atoms with van der Waals surface area (Å²) in [6.45, 7) is 12.0. The molecule has 0 bridgehead atoms. The Labute approximate surface area is 85.5 Å². The van der Waals surface area contributed by atoms with Crippen LogP contribution < -0.4 is 5.32 Å². The van der Waals surface area contributed by atoms with Gasteiger partial charge >= 0.3 is 0 Å². The van der Waals surface area contributed by atoms with Crippen molar-refractivity contribution in [2.75, 3.05) is 0 Å². The molecule has 0 unspecified atom stereocenters. The summed E-state index contributed by atoms with van der Waals surface area (Å²) in [7, 11) is 0. The van der Waals surface area contributed by atoms with Crippen molar-refractivity contribution >= 4 is 5.91 Å². The van der Waals surface area contributed by atoms with Gasteiger partial charge in [0.15, 0.2) is 0 Å². The Kier molecular flexibility index (Phi) is 2.99. The molecule has 0 radical (unpaired) electrons. The van der Waals surface area contributed by atoms with Crippen molar-refractivity contribution in [3.8, 4) is 0 Å². The van der Waals surface area contributed by atoms with Gasteiger partial charge in [0.05, 0.1) is 0 Å². The summed E-state index contributed by atoms with van der Waals surface area (Å²) in [5.74, 6) is 0.876. The Balaban J connectivity index is 2.99. The number of amides is 1. The van der Waals surface area contributed by atoms with Gasteiger partial charge in [-0.15, -0.1) is 0 Å².